The molecule has 0 aliphatic carbocycles. The second-order valence-corrected chi connectivity index (χ2v) is 10.6. The Morgan fingerprint density at radius 3 is 2.40 bits per heavy atom. The number of thioether (sulfide) groups is 1. The highest BCUT2D eigenvalue weighted by Gasteiger charge is 2.31. The number of carbonyl (C=O) groups excluding carboxylic acids is 2. The first kappa shape index (κ1) is 27.4. The third-order valence-electron chi connectivity index (χ3n) is 6.94. The van der Waals surface area contributed by atoms with Crippen molar-refractivity contribution in [1.82, 2.24) is 24.6 Å². The lowest BCUT2D eigenvalue weighted by Crippen LogP contribution is -2.55. The number of piperazine rings is 1. The summed E-state index contributed by atoms with van der Waals surface area (Å²) in [5.74, 6) is 0.615. The second-order valence-electron chi connectivity index (χ2n) is 9.66. The first-order chi connectivity index (χ1) is 19.4. The van der Waals surface area contributed by atoms with E-state index in [0.29, 0.717) is 30.6 Å². The molecule has 1 aromatic heterocycles. The number of methoxy groups -OCH3 is 1. The summed E-state index contributed by atoms with van der Waals surface area (Å²) >= 11 is 1.32. The van der Waals surface area contributed by atoms with Crippen LogP contribution in [0.2, 0.25) is 0 Å². The summed E-state index contributed by atoms with van der Waals surface area (Å²) in [6.45, 7) is 4.99. The first-order valence-electron chi connectivity index (χ1n) is 13.0. The van der Waals surface area contributed by atoms with Gasteiger partial charge in [-0.1, -0.05) is 53.7 Å². The summed E-state index contributed by atoms with van der Waals surface area (Å²) in [5, 5.41) is 9.49. The minimum atomic E-state index is -0.541. The van der Waals surface area contributed by atoms with E-state index in [0.717, 1.165) is 22.6 Å². The molecule has 1 saturated heterocycles. The minimum absolute atomic E-state index is 0.0481. The van der Waals surface area contributed by atoms with Gasteiger partial charge in [-0.2, -0.15) is 0 Å². The van der Waals surface area contributed by atoms with Crippen LogP contribution in [-0.4, -0.2) is 74.9 Å². The van der Waals surface area contributed by atoms with Crippen molar-refractivity contribution in [3.63, 3.8) is 0 Å². The summed E-state index contributed by atoms with van der Waals surface area (Å²) in [4.78, 5) is 29.5. The molecule has 3 aromatic carbocycles. The zero-order valence-corrected chi connectivity index (χ0v) is 23.4. The van der Waals surface area contributed by atoms with Crippen LogP contribution in [0.15, 0.2) is 78.0 Å². The van der Waals surface area contributed by atoms with Gasteiger partial charge in [0, 0.05) is 36.9 Å². The summed E-state index contributed by atoms with van der Waals surface area (Å²) in [6.07, 6.45) is 0. The Bertz CT molecular complexity index is 1510. The Morgan fingerprint density at radius 1 is 1.00 bits per heavy atom. The van der Waals surface area contributed by atoms with E-state index in [9.17, 15) is 14.0 Å². The maximum Gasteiger partial charge on any atom is 0.257 e. The van der Waals surface area contributed by atoms with Crippen molar-refractivity contribution >= 4 is 23.6 Å². The molecule has 206 valence electrons. The van der Waals surface area contributed by atoms with Crippen LogP contribution in [0, 0.1) is 12.7 Å². The molecule has 1 unspecified atom stereocenters. The fourth-order valence-corrected chi connectivity index (χ4v) is 5.56. The van der Waals surface area contributed by atoms with Crippen LogP contribution in [0.3, 0.4) is 0 Å². The molecule has 0 spiro atoms. The molecular weight excluding hydrogens is 529 g/mol. The van der Waals surface area contributed by atoms with Crippen molar-refractivity contribution in [2.24, 2.45) is 0 Å². The van der Waals surface area contributed by atoms with E-state index in [-0.39, 0.29) is 29.2 Å². The van der Waals surface area contributed by atoms with Crippen molar-refractivity contribution in [3.05, 3.63) is 89.7 Å². The fourth-order valence-electron chi connectivity index (χ4n) is 4.71. The summed E-state index contributed by atoms with van der Waals surface area (Å²) in [6, 6.07) is 21.4. The molecule has 2 amide bonds. The number of hydrogen-bond acceptors (Lipinski definition) is 6. The molecule has 1 aliphatic rings. The molecule has 2 heterocycles. The molecule has 10 heteroatoms. The van der Waals surface area contributed by atoms with Gasteiger partial charge in [0.1, 0.15) is 11.6 Å². The average Bonchev–Trinajstić information content (AvgIpc) is 3.40. The Hall–Kier alpha value is -4.18. The third-order valence-corrected chi connectivity index (χ3v) is 7.86. The van der Waals surface area contributed by atoms with Crippen LogP contribution in [0.1, 0.15) is 22.8 Å². The predicted octanol–water partition coefficient (Wildman–Crippen LogP) is 4.86. The van der Waals surface area contributed by atoms with E-state index in [2.05, 4.69) is 10.2 Å². The van der Waals surface area contributed by atoms with Crippen LogP contribution >= 0.6 is 11.8 Å². The number of nitrogens with zero attached hydrogens (tertiary/aromatic N) is 5. The van der Waals surface area contributed by atoms with E-state index < -0.39 is 5.82 Å². The van der Waals surface area contributed by atoms with E-state index in [1.807, 2.05) is 66.9 Å². The van der Waals surface area contributed by atoms with Gasteiger partial charge in [-0.3, -0.25) is 14.2 Å². The van der Waals surface area contributed by atoms with Crippen LogP contribution in [0.4, 0.5) is 4.39 Å². The largest absolute Gasteiger partial charge is 0.497 e. The van der Waals surface area contributed by atoms with Crippen LogP contribution in [-0.2, 0) is 4.79 Å². The van der Waals surface area contributed by atoms with E-state index in [4.69, 9.17) is 4.74 Å². The predicted molar refractivity (Wildman–Crippen MR) is 152 cm³/mol. The zero-order valence-electron chi connectivity index (χ0n) is 22.6. The van der Waals surface area contributed by atoms with Crippen LogP contribution in [0.25, 0.3) is 17.1 Å². The molecule has 1 fully saturated rings. The standard InChI is InChI=1S/C30H30FN5O3S/c1-20-8-10-22(11-9-20)28-32-33-30(36(28)23-12-14-24(39-3)15-13-23)40-19-27(37)34-16-17-35(21(2)18-34)29(38)25-6-4-5-7-26(25)31/h4-15,21H,16-19H2,1-3H3. The van der Waals surface area contributed by atoms with Crippen molar-refractivity contribution in [2.45, 2.75) is 25.0 Å². The highest BCUT2D eigenvalue weighted by atomic mass is 32.2. The number of aryl methyl sites for hydroxylation is 1. The van der Waals surface area contributed by atoms with Crippen molar-refractivity contribution in [2.75, 3.05) is 32.5 Å². The number of aromatic nitrogens is 3. The van der Waals surface area contributed by atoms with Crippen LogP contribution < -0.4 is 4.74 Å². The van der Waals surface area contributed by atoms with Crippen molar-refractivity contribution < 1.29 is 18.7 Å². The van der Waals surface area contributed by atoms with Gasteiger partial charge < -0.3 is 14.5 Å². The molecular formula is C30H30FN5O3S. The molecule has 0 saturated carbocycles. The summed E-state index contributed by atoms with van der Waals surface area (Å²) in [7, 11) is 1.62. The minimum Gasteiger partial charge on any atom is -0.497 e. The number of benzene rings is 3. The van der Waals surface area contributed by atoms with Gasteiger partial charge in [-0.05, 0) is 50.2 Å². The topological polar surface area (TPSA) is 80.6 Å². The number of carbonyl (C=O) groups is 2. The van der Waals surface area contributed by atoms with E-state index in [1.54, 1.807) is 29.0 Å². The number of rotatable bonds is 7. The maximum absolute atomic E-state index is 14.2. The van der Waals surface area contributed by atoms with Crippen molar-refractivity contribution in [1.29, 1.82) is 0 Å². The lowest BCUT2D eigenvalue weighted by molar-refractivity contribution is -0.130. The quantitative estimate of drug-likeness (QED) is 0.301. The maximum atomic E-state index is 14.2. The van der Waals surface area contributed by atoms with E-state index >= 15 is 0 Å². The molecule has 5 rings (SSSR count). The molecule has 40 heavy (non-hydrogen) atoms. The van der Waals surface area contributed by atoms with Crippen molar-refractivity contribution in [3.8, 4) is 22.8 Å². The Labute approximate surface area is 236 Å². The molecule has 1 atom stereocenters. The monoisotopic (exact) mass is 559 g/mol. The first-order valence-corrected chi connectivity index (χ1v) is 14.0. The van der Waals surface area contributed by atoms with Crippen LogP contribution in [0.5, 0.6) is 5.75 Å². The van der Waals surface area contributed by atoms with Gasteiger partial charge in [-0.15, -0.1) is 10.2 Å². The lowest BCUT2D eigenvalue weighted by Gasteiger charge is -2.40. The van der Waals surface area contributed by atoms with E-state index in [1.165, 1.54) is 23.9 Å². The number of amides is 2. The second kappa shape index (κ2) is 11.9. The van der Waals surface area contributed by atoms with Gasteiger partial charge >= 0.3 is 0 Å². The van der Waals surface area contributed by atoms with Gasteiger partial charge in [0.2, 0.25) is 5.91 Å². The molecule has 0 radical (unpaired) electrons. The third kappa shape index (κ3) is 5.72. The Morgan fingerprint density at radius 2 is 1.73 bits per heavy atom. The van der Waals surface area contributed by atoms with Gasteiger partial charge in [0.15, 0.2) is 11.0 Å². The van der Waals surface area contributed by atoms with Gasteiger partial charge in [0.05, 0.1) is 18.4 Å². The molecule has 0 bridgehead atoms. The highest BCUT2D eigenvalue weighted by molar-refractivity contribution is 7.99. The smallest absolute Gasteiger partial charge is 0.257 e. The zero-order chi connectivity index (χ0) is 28.2. The molecule has 1 aliphatic heterocycles. The fraction of sp³-hybridized carbons (Fsp3) is 0.267. The lowest BCUT2D eigenvalue weighted by atomic mass is 10.1. The van der Waals surface area contributed by atoms with Gasteiger partial charge in [0.25, 0.3) is 5.91 Å². The summed E-state index contributed by atoms with van der Waals surface area (Å²) in [5.41, 5.74) is 2.96. The SMILES string of the molecule is COc1ccc(-n2c(SCC(=O)N3CCN(C(=O)c4ccccc4F)C(C)C3)nnc2-c2ccc(C)cc2)cc1. The highest BCUT2D eigenvalue weighted by Crippen LogP contribution is 2.29. The summed E-state index contributed by atoms with van der Waals surface area (Å²) < 4.78 is 21.4. The average molecular weight is 560 g/mol. The molecule has 4 aromatic rings. The molecule has 8 nitrogen and oxygen atoms in total. The number of ether oxygens (including phenoxy) is 1. The van der Waals surface area contributed by atoms with Gasteiger partial charge in [-0.25, -0.2) is 4.39 Å². The Balaban J connectivity index is 1.30. The Kier molecular flexibility index (Phi) is 8.16. The molecule has 0 N–H and O–H groups in total. The number of hydrogen-bond donors (Lipinski definition) is 0. The number of halogens is 1. The normalized spacial score (nSPS) is 15.2.